The number of benzene rings is 2. The van der Waals surface area contributed by atoms with E-state index in [2.05, 4.69) is 4.74 Å². The second kappa shape index (κ2) is 10.3. The smallest absolute Gasteiger partial charge is 0.306 e. The van der Waals surface area contributed by atoms with Crippen molar-refractivity contribution < 1.29 is 14.3 Å². The van der Waals surface area contributed by atoms with E-state index in [0.29, 0.717) is 18.1 Å². The van der Waals surface area contributed by atoms with Gasteiger partial charge in [-0.3, -0.25) is 4.79 Å². The first-order valence-electron chi connectivity index (χ1n) is 7.80. The van der Waals surface area contributed by atoms with Gasteiger partial charge in [-0.2, -0.15) is 0 Å². The minimum absolute atomic E-state index is 0.0916. The van der Waals surface area contributed by atoms with Gasteiger partial charge in [0, 0.05) is 22.9 Å². The van der Waals surface area contributed by atoms with Crippen LogP contribution in [0.2, 0.25) is 0 Å². The van der Waals surface area contributed by atoms with E-state index in [4.69, 9.17) is 16.3 Å². The molecule has 2 rings (SSSR count). The molecule has 0 N–H and O–H groups in total. The molecule has 0 aliphatic carbocycles. The monoisotopic (exact) mass is 364 g/mol. The Balaban J connectivity index is 2.08. The summed E-state index contributed by atoms with van der Waals surface area (Å²) in [5.74, 6) is 1.78. The van der Waals surface area contributed by atoms with E-state index in [1.165, 1.54) is 7.11 Å². The van der Waals surface area contributed by atoms with Crippen LogP contribution in [0.1, 0.15) is 24.5 Å². The van der Waals surface area contributed by atoms with Crippen molar-refractivity contribution in [3.8, 4) is 5.75 Å². The SMILES string of the molecule is COC(=O)CCSc1ccccc1O[C@H](CCCl)c1ccccc1. The van der Waals surface area contributed by atoms with Crippen molar-refractivity contribution in [2.24, 2.45) is 0 Å². The zero-order valence-electron chi connectivity index (χ0n) is 13.6. The van der Waals surface area contributed by atoms with Crippen LogP contribution in [0.4, 0.5) is 0 Å². The van der Waals surface area contributed by atoms with Crippen LogP contribution in [0.25, 0.3) is 0 Å². The van der Waals surface area contributed by atoms with Gasteiger partial charge < -0.3 is 9.47 Å². The molecular formula is C19H21ClO3S. The van der Waals surface area contributed by atoms with Crippen molar-refractivity contribution in [2.45, 2.75) is 23.8 Å². The second-order valence-electron chi connectivity index (χ2n) is 5.12. The van der Waals surface area contributed by atoms with Crippen molar-refractivity contribution >= 4 is 29.3 Å². The molecule has 3 nitrogen and oxygen atoms in total. The average molecular weight is 365 g/mol. The minimum atomic E-state index is -0.204. The van der Waals surface area contributed by atoms with Crippen LogP contribution >= 0.6 is 23.4 Å². The van der Waals surface area contributed by atoms with Gasteiger partial charge in [-0.05, 0) is 17.7 Å². The number of methoxy groups -OCH3 is 1. The van der Waals surface area contributed by atoms with E-state index in [1.807, 2.05) is 54.6 Å². The van der Waals surface area contributed by atoms with Gasteiger partial charge in [0.25, 0.3) is 0 Å². The first kappa shape index (κ1) is 18.7. The number of halogens is 1. The molecule has 0 aliphatic rings. The van der Waals surface area contributed by atoms with Gasteiger partial charge >= 0.3 is 5.97 Å². The number of rotatable bonds is 9. The highest BCUT2D eigenvalue weighted by molar-refractivity contribution is 7.99. The summed E-state index contributed by atoms with van der Waals surface area (Å²) < 4.78 is 10.9. The Bertz CT molecular complexity index is 634. The number of hydrogen-bond acceptors (Lipinski definition) is 4. The molecule has 0 heterocycles. The van der Waals surface area contributed by atoms with Crippen LogP contribution in [0, 0.1) is 0 Å². The van der Waals surface area contributed by atoms with Gasteiger partial charge in [-0.1, -0.05) is 42.5 Å². The molecule has 2 aromatic carbocycles. The highest BCUT2D eigenvalue weighted by atomic mass is 35.5. The van der Waals surface area contributed by atoms with Crippen LogP contribution in [-0.4, -0.2) is 24.7 Å². The lowest BCUT2D eigenvalue weighted by Crippen LogP contribution is -2.09. The van der Waals surface area contributed by atoms with Gasteiger partial charge in [0.2, 0.25) is 0 Å². The largest absolute Gasteiger partial charge is 0.485 e. The standard InChI is InChI=1S/C19H21ClO3S/c1-22-19(21)12-14-24-18-10-6-5-9-17(18)23-16(11-13-20)15-7-3-2-4-8-15/h2-10,16H,11-14H2,1H3/t16-/m1/s1. The third-order valence-electron chi connectivity index (χ3n) is 3.45. The molecule has 0 aromatic heterocycles. The number of alkyl halides is 1. The van der Waals surface area contributed by atoms with E-state index in [1.54, 1.807) is 11.8 Å². The van der Waals surface area contributed by atoms with Crippen LogP contribution in [-0.2, 0) is 9.53 Å². The second-order valence-corrected chi connectivity index (χ2v) is 6.63. The molecule has 0 amide bonds. The lowest BCUT2D eigenvalue weighted by molar-refractivity contribution is -0.140. The molecule has 0 unspecified atom stereocenters. The van der Waals surface area contributed by atoms with E-state index in [9.17, 15) is 4.79 Å². The van der Waals surface area contributed by atoms with Crippen LogP contribution < -0.4 is 4.74 Å². The number of esters is 1. The normalized spacial score (nSPS) is 11.8. The number of hydrogen-bond donors (Lipinski definition) is 0. The summed E-state index contributed by atoms with van der Waals surface area (Å²) in [6.07, 6.45) is 1.01. The third kappa shape index (κ3) is 5.77. The maximum atomic E-state index is 11.3. The average Bonchev–Trinajstić information content (AvgIpc) is 2.63. The molecule has 0 bridgehead atoms. The Kier molecular flexibility index (Phi) is 7.99. The fourth-order valence-electron chi connectivity index (χ4n) is 2.23. The molecule has 0 saturated carbocycles. The summed E-state index contributed by atoms with van der Waals surface area (Å²) in [6.45, 7) is 0. The van der Waals surface area contributed by atoms with Gasteiger partial charge in [-0.15, -0.1) is 23.4 Å². The van der Waals surface area contributed by atoms with E-state index < -0.39 is 0 Å². The number of carbonyl (C=O) groups is 1. The van der Waals surface area contributed by atoms with Crippen molar-refractivity contribution in [3.63, 3.8) is 0 Å². The summed E-state index contributed by atoms with van der Waals surface area (Å²) in [7, 11) is 1.40. The molecular weight excluding hydrogens is 344 g/mol. The van der Waals surface area contributed by atoms with Crippen LogP contribution in [0.15, 0.2) is 59.5 Å². The Morgan fingerprint density at radius 3 is 2.54 bits per heavy atom. The first-order chi connectivity index (χ1) is 11.7. The molecule has 128 valence electrons. The zero-order valence-corrected chi connectivity index (χ0v) is 15.2. The van der Waals surface area contributed by atoms with E-state index in [-0.39, 0.29) is 12.1 Å². The van der Waals surface area contributed by atoms with Crippen LogP contribution in [0.5, 0.6) is 5.75 Å². The molecule has 5 heteroatoms. The van der Waals surface area contributed by atoms with Crippen LogP contribution in [0.3, 0.4) is 0 Å². The number of carbonyl (C=O) groups excluding carboxylic acids is 1. The maximum Gasteiger partial charge on any atom is 0.306 e. The number of ether oxygens (including phenoxy) is 2. The van der Waals surface area contributed by atoms with Crippen molar-refractivity contribution in [1.29, 1.82) is 0 Å². The summed E-state index contributed by atoms with van der Waals surface area (Å²) in [4.78, 5) is 12.3. The Hall–Kier alpha value is -1.65. The third-order valence-corrected chi connectivity index (χ3v) is 4.73. The molecule has 24 heavy (non-hydrogen) atoms. The molecule has 0 radical (unpaired) electrons. The highest BCUT2D eigenvalue weighted by Crippen LogP contribution is 2.34. The molecule has 0 aliphatic heterocycles. The number of thioether (sulfide) groups is 1. The summed E-state index contributed by atoms with van der Waals surface area (Å²) >= 11 is 7.54. The molecule has 0 saturated heterocycles. The van der Waals surface area contributed by atoms with E-state index in [0.717, 1.165) is 22.6 Å². The minimum Gasteiger partial charge on any atom is -0.485 e. The predicted molar refractivity (Wildman–Crippen MR) is 98.9 cm³/mol. The van der Waals surface area contributed by atoms with Crippen molar-refractivity contribution in [2.75, 3.05) is 18.7 Å². The van der Waals surface area contributed by atoms with Gasteiger partial charge in [0.15, 0.2) is 0 Å². The van der Waals surface area contributed by atoms with Gasteiger partial charge in [-0.25, -0.2) is 0 Å². The Morgan fingerprint density at radius 2 is 1.83 bits per heavy atom. The molecule has 0 fully saturated rings. The lowest BCUT2D eigenvalue weighted by Gasteiger charge is -2.20. The fraction of sp³-hybridized carbons (Fsp3) is 0.316. The van der Waals surface area contributed by atoms with Gasteiger partial charge in [0.1, 0.15) is 11.9 Å². The molecule has 0 spiro atoms. The number of para-hydroxylation sites is 1. The quantitative estimate of drug-likeness (QED) is 0.352. The summed E-state index contributed by atoms with van der Waals surface area (Å²) in [5, 5.41) is 0. The highest BCUT2D eigenvalue weighted by Gasteiger charge is 2.15. The van der Waals surface area contributed by atoms with Crippen molar-refractivity contribution in [3.05, 3.63) is 60.2 Å². The topological polar surface area (TPSA) is 35.5 Å². The lowest BCUT2D eigenvalue weighted by atomic mass is 10.1. The maximum absolute atomic E-state index is 11.3. The van der Waals surface area contributed by atoms with Crippen molar-refractivity contribution in [1.82, 2.24) is 0 Å². The molecule has 1 atom stereocenters. The Morgan fingerprint density at radius 1 is 1.12 bits per heavy atom. The summed E-state index contributed by atoms with van der Waals surface area (Å²) in [5.41, 5.74) is 1.10. The van der Waals surface area contributed by atoms with E-state index >= 15 is 0 Å². The van der Waals surface area contributed by atoms with Gasteiger partial charge in [0.05, 0.1) is 13.5 Å². The predicted octanol–water partition coefficient (Wildman–Crippen LogP) is 5.09. The summed E-state index contributed by atoms with van der Waals surface area (Å²) in [6, 6.07) is 17.9. The Labute approximate surface area is 152 Å². The molecule has 2 aromatic rings. The first-order valence-corrected chi connectivity index (χ1v) is 9.33. The fourth-order valence-corrected chi connectivity index (χ4v) is 3.35. The zero-order chi connectivity index (χ0) is 17.2.